The van der Waals surface area contributed by atoms with Gasteiger partial charge in [-0.05, 0) is 61.1 Å². The average molecular weight is 525 g/mol. The lowest BCUT2D eigenvalue weighted by molar-refractivity contribution is -0.132. The first kappa shape index (κ1) is 28.2. The second-order valence-corrected chi connectivity index (χ2v) is 12.2. The van der Waals surface area contributed by atoms with Crippen molar-refractivity contribution in [3.8, 4) is 0 Å². The third-order valence-corrected chi connectivity index (χ3v) is 8.12. The molecule has 0 saturated carbocycles. The maximum absolute atomic E-state index is 13.8. The predicted octanol–water partition coefficient (Wildman–Crippen LogP) is 2.19. The molecule has 1 aliphatic heterocycles. The van der Waals surface area contributed by atoms with Crippen molar-refractivity contribution in [2.75, 3.05) is 18.9 Å². The standard InChI is InChI=1S/C26H34F2N2O5S/c1-4-16-5-6-18-13-36(34,35)14-23(21(18)9-16)29-12-24(32)22(30-25(33)26(2,3)15-31)10-17-7-19(27)11-20(28)8-17/h5-9,11,22-24,29,31-32H,4,10,12-15H2,1-3H3,(H,30,33). The number of amides is 1. The quantitative estimate of drug-likeness (QED) is 0.379. The third kappa shape index (κ3) is 7.09. The Bertz CT molecular complexity index is 1180. The molecule has 1 amide bonds. The Morgan fingerprint density at radius 1 is 1.14 bits per heavy atom. The number of nitrogens with one attached hydrogen (secondary N) is 2. The van der Waals surface area contributed by atoms with Crippen LogP contribution in [0.1, 0.15) is 49.1 Å². The Morgan fingerprint density at radius 3 is 2.42 bits per heavy atom. The molecule has 0 spiro atoms. The molecule has 3 rings (SSSR count). The van der Waals surface area contributed by atoms with Gasteiger partial charge in [0.2, 0.25) is 5.91 Å². The summed E-state index contributed by atoms with van der Waals surface area (Å²) in [5.74, 6) is -2.29. The van der Waals surface area contributed by atoms with Crippen molar-refractivity contribution in [2.24, 2.45) is 5.41 Å². The number of hydrogen-bond donors (Lipinski definition) is 4. The molecular formula is C26H34F2N2O5S. The molecule has 3 unspecified atom stereocenters. The van der Waals surface area contributed by atoms with Gasteiger partial charge in [-0.25, -0.2) is 17.2 Å². The van der Waals surface area contributed by atoms with E-state index in [2.05, 4.69) is 10.6 Å². The zero-order valence-electron chi connectivity index (χ0n) is 20.7. The van der Waals surface area contributed by atoms with Crippen molar-refractivity contribution in [1.82, 2.24) is 10.6 Å². The molecule has 1 aliphatic rings. The highest BCUT2D eigenvalue weighted by molar-refractivity contribution is 7.90. The SMILES string of the molecule is CCc1ccc2c(c1)C(NCC(O)C(Cc1cc(F)cc(F)c1)NC(=O)C(C)(C)CO)CS(=O)(=O)C2. The minimum Gasteiger partial charge on any atom is -0.395 e. The fraction of sp³-hybridized carbons (Fsp3) is 0.500. The molecule has 7 nitrogen and oxygen atoms in total. The van der Waals surface area contributed by atoms with Crippen LogP contribution in [-0.4, -0.2) is 55.6 Å². The summed E-state index contributed by atoms with van der Waals surface area (Å²) >= 11 is 0. The Hall–Kier alpha value is -2.40. The van der Waals surface area contributed by atoms with E-state index < -0.39 is 57.6 Å². The van der Waals surface area contributed by atoms with Gasteiger partial charge < -0.3 is 20.8 Å². The molecule has 0 aliphatic carbocycles. The monoisotopic (exact) mass is 524 g/mol. The number of rotatable bonds is 10. The Morgan fingerprint density at radius 2 is 1.81 bits per heavy atom. The summed E-state index contributed by atoms with van der Waals surface area (Å²) in [5, 5.41) is 26.4. The van der Waals surface area contributed by atoms with Crippen molar-refractivity contribution in [3.05, 3.63) is 70.3 Å². The van der Waals surface area contributed by atoms with Gasteiger partial charge in [0.1, 0.15) is 11.6 Å². The van der Waals surface area contributed by atoms with Crippen molar-refractivity contribution in [1.29, 1.82) is 0 Å². The number of benzene rings is 2. The van der Waals surface area contributed by atoms with Gasteiger partial charge in [0, 0.05) is 18.7 Å². The van der Waals surface area contributed by atoms with Crippen LogP contribution in [0.25, 0.3) is 0 Å². The van der Waals surface area contributed by atoms with E-state index in [0.29, 0.717) is 5.56 Å². The number of carbonyl (C=O) groups is 1. The lowest BCUT2D eigenvalue weighted by Gasteiger charge is -2.32. The second kappa shape index (κ2) is 11.3. The molecular weight excluding hydrogens is 490 g/mol. The number of fused-ring (bicyclic) bond motifs is 1. The first-order chi connectivity index (χ1) is 16.8. The van der Waals surface area contributed by atoms with Gasteiger partial charge in [0.25, 0.3) is 0 Å². The van der Waals surface area contributed by atoms with Gasteiger partial charge in [0.05, 0.1) is 35.7 Å². The Balaban J connectivity index is 1.82. The van der Waals surface area contributed by atoms with Crippen LogP contribution in [0.2, 0.25) is 0 Å². The van der Waals surface area contributed by atoms with E-state index >= 15 is 0 Å². The van der Waals surface area contributed by atoms with Gasteiger partial charge in [0.15, 0.2) is 9.84 Å². The summed E-state index contributed by atoms with van der Waals surface area (Å²) in [7, 11) is -3.36. The molecule has 0 radical (unpaired) electrons. The summed E-state index contributed by atoms with van der Waals surface area (Å²) in [6, 6.07) is 7.13. The molecule has 10 heteroatoms. The Kier molecular flexibility index (Phi) is 8.87. The van der Waals surface area contributed by atoms with Gasteiger partial charge in [-0.1, -0.05) is 25.1 Å². The highest BCUT2D eigenvalue weighted by Crippen LogP contribution is 2.29. The lowest BCUT2D eigenvalue weighted by atomic mass is 9.92. The van der Waals surface area contributed by atoms with E-state index in [9.17, 15) is 32.2 Å². The average Bonchev–Trinajstić information content (AvgIpc) is 2.80. The van der Waals surface area contributed by atoms with Crippen molar-refractivity contribution >= 4 is 15.7 Å². The largest absolute Gasteiger partial charge is 0.395 e. The first-order valence-electron chi connectivity index (χ1n) is 11.9. The summed E-state index contributed by atoms with van der Waals surface area (Å²) in [4.78, 5) is 12.7. The van der Waals surface area contributed by atoms with E-state index in [-0.39, 0.29) is 30.0 Å². The van der Waals surface area contributed by atoms with Crippen LogP contribution in [0, 0.1) is 17.0 Å². The summed E-state index contributed by atoms with van der Waals surface area (Å²) in [5.41, 5.74) is 1.70. The zero-order chi connectivity index (χ0) is 26.7. The molecule has 0 saturated heterocycles. The maximum atomic E-state index is 13.8. The van der Waals surface area contributed by atoms with Crippen LogP contribution in [0.15, 0.2) is 36.4 Å². The number of sulfone groups is 1. The van der Waals surface area contributed by atoms with Crippen LogP contribution < -0.4 is 10.6 Å². The number of halogens is 2. The topological polar surface area (TPSA) is 116 Å². The van der Waals surface area contributed by atoms with Crippen molar-refractivity contribution in [2.45, 2.75) is 57.6 Å². The molecule has 0 bridgehead atoms. The number of aliphatic hydroxyl groups excluding tert-OH is 2. The molecule has 2 aromatic rings. The van der Waals surface area contributed by atoms with Gasteiger partial charge in [-0.3, -0.25) is 4.79 Å². The lowest BCUT2D eigenvalue weighted by Crippen LogP contribution is -2.53. The van der Waals surface area contributed by atoms with Crippen molar-refractivity contribution in [3.63, 3.8) is 0 Å². The highest BCUT2D eigenvalue weighted by Gasteiger charge is 2.33. The number of hydrogen-bond acceptors (Lipinski definition) is 6. The van der Waals surface area contributed by atoms with E-state index in [1.807, 2.05) is 25.1 Å². The fourth-order valence-electron chi connectivity index (χ4n) is 4.24. The minimum atomic E-state index is -3.36. The van der Waals surface area contributed by atoms with E-state index in [0.717, 1.165) is 35.7 Å². The Labute approximate surface area is 210 Å². The first-order valence-corrected chi connectivity index (χ1v) is 13.8. The summed E-state index contributed by atoms with van der Waals surface area (Å²) in [6.07, 6.45) is -0.518. The van der Waals surface area contributed by atoms with Gasteiger partial charge >= 0.3 is 0 Å². The van der Waals surface area contributed by atoms with E-state index in [4.69, 9.17) is 0 Å². The molecule has 1 heterocycles. The molecule has 4 N–H and O–H groups in total. The normalized spacial score (nSPS) is 18.8. The van der Waals surface area contributed by atoms with Crippen LogP contribution >= 0.6 is 0 Å². The summed E-state index contributed by atoms with van der Waals surface area (Å²) in [6.45, 7) is 4.54. The molecule has 198 valence electrons. The van der Waals surface area contributed by atoms with E-state index in [1.54, 1.807) is 0 Å². The van der Waals surface area contributed by atoms with Crippen LogP contribution in [-0.2, 0) is 33.2 Å². The second-order valence-electron chi connectivity index (χ2n) is 10.1. The predicted molar refractivity (Wildman–Crippen MR) is 133 cm³/mol. The maximum Gasteiger partial charge on any atom is 0.228 e. The highest BCUT2D eigenvalue weighted by atomic mass is 32.2. The molecule has 0 aromatic heterocycles. The number of aryl methyl sites for hydroxylation is 1. The number of aliphatic hydroxyl groups is 2. The molecule has 2 aromatic carbocycles. The molecule has 36 heavy (non-hydrogen) atoms. The van der Waals surface area contributed by atoms with Crippen molar-refractivity contribution < 1.29 is 32.2 Å². The van der Waals surface area contributed by atoms with Crippen LogP contribution in [0.3, 0.4) is 0 Å². The third-order valence-electron chi connectivity index (χ3n) is 6.53. The zero-order valence-corrected chi connectivity index (χ0v) is 21.5. The van der Waals surface area contributed by atoms with Gasteiger partial charge in [-0.2, -0.15) is 0 Å². The van der Waals surface area contributed by atoms with Gasteiger partial charge in [-0.15, -0.1) is 0 Å². The molecule has 3 atom stereocenters. The van der Waals surface area contributed by atoms with Crippen LogP contribution in [0.4, 0.5) is 8.78 Å². The molecule has 0 fully saturated rings. The number of carbonyl (C=O) groups excluding carboxylic acids is 1. The van der Waals surface area contributed by atoms with E-state index in [1.165, 1.54) is 13.8 Å². The van der Waals surface area contributed by atoms with Crippen LogP contribution in [0.5, 0.6) is 0 Å². The smallest absolute Gasteiger partial charge is 0.228 e. The minimum absolute atomic E-state index is 0.0485. The fourth-order valence-corrected chi connectivity index (χ4v) is 5.90. The summed E-state index contributed by atoms with van der Waals surface area (Å²) < 4.78 is 52.5.